The Morgan fingerprint density at radius 3 is 2.44 bits per heavy atom. The zero-order chi connectivity index (χ0) is 23.4. The van der Waals surface area contributed by atoms with Crippen LogP contribution in [0.25, 0.3) is 6.08 Å². The second-order valence-electron chi connectivity index (χ2n) is 8.82. The number of rotatable bonds is 2. The van der Waals surface area contributed by atoms with Crippen LogP contribution in [0.5, 0.6) is 0 Å². The number of halogens is 2. The second kappa shape index (κ2) is 7.55. The molecule has 1 unspecified atom stereocenters. The number of hydrogen-bond acceptors (Lipinski definition) is 4. The van der Waals surface area contributed by atoms with Crippen molar-refractivity contribution in [3.63, 3.8) is 0 Å². The van der Waals surface area contributed by atoms with E-state index in [1.165, 1.54) is 24.3 Å². The molecule has 1 saturated heterocycles. The Morgan fingerprint density at radius 2 is 1.75 bits per heavy atom. The molecule has 2 aliphatic heterocycles. The summed E-state index contributed by atoms with van der Waals surface area (Å²) in [6.45, 7) is 6.21. The molecule has 0 bridgehead atoms. The van der Waals surface area contributed by atoms with Crippen molar-refractivity contribution in [3.8, 4) is 0 Å². The number of carbonyl (C=O) groups excluding carboxylic acids is 3. The van der Waals surface area contributed by atoms with E-state index in [1.54, 1.807) is 6.07 Å². The fraction of sp³-hybridized carbons (Fsp3) is 0.292. The smallest absolute Gasteiger partial charge is 0.336 e. The van der Waals surface area contributed by atoms with Gasteiger partial charge in [-0.3, -0.25) is 14.9 Å². The van der Waals surface area contributed by atoms with E-state index in [1.807, 2.05) is 24.2 Å². The van der Waals surface area contributed by atoms with Gasteiger partial charge < -0.3 is 4.90 Å². The Morgan fingerprint density at radius 1 is 1.06 bits per heavy atom. The van der Waals surface area contributed by atoms with Crippen molar-refractivity contribution in [1.29, 1.82) is 0 Å². The van der Waals surface area contributed by atoms with Crippen molar-refractivity contribution in [2.75, 3.05) is 16.8 Å². The number of urea groups is 1. The molecular formula is C24H23F2N3O3. The van der Waals surface area contributed by atoms with Crippen molar-refractivity contribution in [2.45, 2.75) is 38.6 Å². The fourth-order valence-corrected chi connectivity index (χ4v) is 4.38. The average molecular weight is 439 g/mol. The highest BCUT2D eigenvalue weighted by atomic mass is 19.1. The number of amides is 4. The molecule has 4 amide bonds. The van der Waals surface area contributed by atoms with Crippen molar-refractivity contribution >= 4 is 35.3 Å². The van der Waals surface area contributed by atoms with E-state index in [0.29, 0.717) is 4.90 Å². The summed E-state index contributed by atoms with van der Waals surface area (Å²) in [6.07, 6.45) is 1.95. The summed E-state index contributed by atoms with van der Waals surface area (Å²) < 4.78 is 29.3. The van der Waals surface area contributed by atoms with Crippen LogP contribution in [0.2, 0.25) is 0 Å². The quantitative estimate of drug-likeness (QED) is 0.558. The van der Waals surface area contributed by atoms with E-state index in [4.69, 9.17) is 0 Å². The molecule has 4 rings (SSSR count). The number of benzene rings is 2. The number of carbonyl (C=O) groups is 3. The minimum absolute atomic E-state index is 0.0463. The summed E-state index contributed by atoms with van der Waals surface area (Å²) >= 11 is 0. The minimum atomic E-state index is -1.06. The molecule has 32 heavy (non-hydrogen) atoms. The molecule has 0 spiro atoms. The van der Waals surface area contributed by atoms with E-state index < -0.39 is 35.1 Å². The van der Waals surface area contributed by atoms with Crippen LogP contribution in [0.3, 0.4) is 0 Å². The van der Waals surface area contributed by atoms with Crippen LogP contribution in [0.1, 0.15) is 44.2 Å². The third kappa shape index (κ3) is 3.45. The lowest BCUT2D eigenvalue weighted by molar-refractivity contribution is -0.122. The Balaban J connectivity index is 1.79. The average Bonchev–Trinajstić information content (AvgIpc) is 2.71. The van der Waals surface area contributed by atoms with Gasteiger partial charge in [0, 0.05) is 23.8 Å². The third-order valence-electron chi connectivity index (χ3n) is 6.25. The van der Waals surface area contributed by atoms with Crippen molar-refractivity contribution in [1.82, 2.24) is 5.32 Å². The first-order chi connectivity index (χ1) is 15.0. The van der Waals surface area contributed by atoms with Gasteiger partial charge in [-0.05, 0) is 62.1 Å². The van der Waals surface area contributed by atoms with Crippen LogP contribution < -0.4 is 15.1 Å². The van der Waals surface area contributed by atoms with Crippen LogP contribution in [0.15, 0.2) is 42.0 Å². The molecule has 166 valence electrons. The number of para-hydroxylation sites is 1. The van der Waals surface area contributed by atoms with Gasteiger partial charge in [0.25, 0.3) is 11.8 Å². The summed E-state index contributed by atoms with van der Waals surface area (Å²) in [5.41, 5.74) is 0.783. The largest absolute Gasteiger partial charge is 0.369 e. The predicted molar refractivity (Wildman–Crippen MR) is 117 cm³/mol. The van der Waals surface area contributed by atoms with Crippen molar-refractivity contribution in [3.05, 3.63) is 64.7 Å². The number of anilines is 2. The zero-order valence-electron chi connectivity index (χ0n) is 18.2. The number of hydrogen-bond donors (Lipinski definition) is 1. The Kier molecular flexibility index (Phi) is 5.11. The lowest BCUT2D eigenvalue weighted by Gasteiger charge is -2.45. The molecule has 0 radical (unpaired) electrons. The first-order valence-electron chi connectivity index (χ1n) is 10.2. The van der Waals surface area contributed by atoms with Gasteiger partial charge in [0.1, 0.15) is 17.2 Å². The number of fused-ring (bicyclic) bond motifs is 1. The van der Waals surface area contributed by atoms with Crippen LogP contribution in [0, 0.1) is 11.6 Å². The van der Waals surface area contributed by atoms with E-state index in [-0.39, 0.29) is 22.7 Å². The van der Waals surface area contributed by atoms with Gasteiger partial charge in [0.2, 0.25) is 0 Å². The van der Waals surface area contributed by atoms with Crippen LogP contribution in [0.4, 0.5) is 25.0 Å². The Hall–Kier alpha value is -3.55. The Labute approximate surface area is 184 Å². The third-order valence-corrected chi connectivity index (χ3v) is 6.25. The highest BCUT2D eigenvalue weighted by Crippen LogP contribution is 2.43. The topological polar surface area (TPSA) is 69.7 Å². The molecule has 1 N–H and O–H groups in total. The zero-order valence-corrected chi connectivity index (χ0v) is 18.2. The van der Waals surface area contributed by atoms with Gasteiger partial charge in [-0.15, -0.1) is 0 Å². The molecule has 2 aromatic carbocycles. The summed E-state index contributed by atoms with van der Waals surface area (Å²) in [5, 5.41) is 2.03. The lowest BCUT2D eigenvalue weighted by atomic mass is 9.80. The van der Waals surface area contributed by atoms with Crippen LogP contribution in [-0.4, -0.2) is 30.4 Å². The number of nitrogens with zero attached hydrogens (tertiary/aromatic N) is 2. The lowest BCUT2D eigenvalue weighted by Crippen LogP contribution is -2.54. The van der Waals surface area contributed by atoms with Gasteiger partial charge in [0.05, 0.1) is 5.69 Å². The summed E-state index contributed by atoms with van der Waals surface area (Å²) in [5.74, 6) is -3.27. The van der Waals surface area contributed by atoms with Gasteiger partial charge in [-0.2, -0.15) is 0 Å². The van der Waals surface area contributed by atoms with Crippen molar-refractivity contribution in [2.24, 2.45) is 0 Å². The monoisotopic (exact) mass is 439 g/mol. The maximum atomic E-state index is 15.0. The van der Waals surface area contributed by atoms with Gasteiger partial charge in [-0.1, -0.05) is 19.1 Å². The molecule has 0 aromatic heterocycles. The SMILES string of the molecule is CC1CC(C)(C)N(C)c2cc(F)c(/C=C3/C(=O)NC(=O)N(c4ccccc4F)C3=O)cc21. The van der Waals surface area contributed by atoms with E-state index in [2.05, 4.69) is 13.8 Å². The maximum Gasteiger partial charge on any atom is 0.336 e. The molecule has 1 atom stereocenters. The van der Waals surface area contributed by atoms with E-state index in [9.17, 15) is 18.8 Å². The summed E-state index contributed by atoms with van der Waals surface area (Å²) in [4.78, 5) is 40.2. The van der Waals surface area contributed by atoms with Gasteiger partial charge >= 0.3 is 6.03 Å². The normalized spacial score (nSPS) is 21.6. The molecular weight excluding hydrogens is 416 g/mol. The number of barbiturate groups is 1. The van der Waals surface area contributed by atoms with Crippen molar-refractivity contribution < 1.29 is 23.2 Å². The highest BCUT2D eigenvalue weighted by molar-refractivity contribution is 6.39. The molecule has 6 nitrogen and oxygen atoms in total. The minimum Gasteiger partial charge on any atom is -0.369 e. The standard InChI is InChI=1S/C24H23F2N3O3/c1-13-12-24(2,3)28(4)20-11-18(26)14(9-15(13)20)10-16-21(30)27-23(32)29(22(16)31)19-8-6-5-7-17(19)25/h5-11,13H,12H2,1-4H3,(H,27,30,32)/b16-10-. The highest BCUT2D eigenvalue weighted by Gasteiger charge is 2.39. The van der Waals surface area contributed by atoms with E-state index >= 15 is 4.39 Å². The molecule has 0 saturated carbocycles. The van der Waals surface area contributed by atoms with Gasteiger partial charge in [-0.25, -0.2) is 18.5 Å². The van der Waals surface area contributed by atoms with E-state index in [0.717, 1.165) is 29.8 Å². The molecule has 8 heteroatoms. The predicted octanol–water partition coefficient (Wildman–Crippen LogP) is 4.35. The first-order valence-corrected chi connectivity index (χ1v) is 10.2. The van der Waals surface area contributed by atoms with Crippen LogP contribution >= 0.6 is 0 Å². The second-order valence-corrected chi connectivity index (χ2v) is 8.82. The summed E-state index contributed by atoms with van der Waals surface area (Å²) in [6, 6.07) is 7.17. The maximum absolute atomic E-state index is 15.0. The van der Waals surface area contributed by atoms with Crippen LogP contribution in [-0.2, 0) is 9.59 Å². The number of nitrogens with one attached hydrogen (secondary N) is 1. The molecule has 0 aliphatic carbocycles. The molecule has 2 aliphatic rings. The summed E-state index contributed by atoms with van der Waals surface area (Å²) in [7, 11) is 1.90. The fourth-order valence-electron chi connectivity index (χ4n) is 4.38. The number of imide groups is 2. The van der Waals surface area contributed by atoms with Gasteiger partial charge in [0.15, 0.2) is 0 Å². The first kappa shape index (κ1) is 21.7. The molecule has 2 aromatic rings. The molecule has 1 fully saturated rings. The Bertz CT molecular complexity index is 1190. The molecule has 2 heterocycles.